The minimum atomic E-state index is -1.66. The molecule has 0 saturated carbocycles. The molecule has 1 rings (SSSR count). The summed E-state index contributed by atoms with van der Waals surface area (Å²) in [7, 11) is 0. The van der Waals surface area contributed by atoms with E-state index < -0.39 is 55.4 Å². The maximum atomic E-state index is 13.1. The van der Waals surface area contributed by atoms with E-state index in [-0.39, 0.29) is 12.3 Å². The van der Waals surface area contributed by atoms with Crippen molar-refractivity contribution < 1.29 is 40.2 Å². The summed E-state index contributed by atoms with van der Waals surface area (Å²) in [6.45, 7) is 3.90. The van der Waals surface area contributed by atoms with Crippen LogP contribution in [0.15, 0.2) is 0 Å². The van der Waals surface area contributed by atoms with E-state index in [2.05, 4.69) is 19.2 Å². The number of carbonyl (C=O) groups excluding carboxylic acids is 1. The molecule has 9 heteroatoms. The first-order valence-corrected chi connectivity index (χ1v) is 24.7. The smallest absolute Gasteiger partial charge is 0.220 e. The normalized spacial score (nSPS) is 21.4. The lowest BCUT2D eigenvalue weighted by Gasteiger charge is -2.44. The summed E-state index contributed by atoms with van der Waals surface area (Å²) in [6, 6.07) is -1.13. The van der Waals surface area contributed by atoms with Crippen molar-refractivity contribution in [2.45, 2.75) is 294 Å². The summed E-state index contributed by atoms with van der Waals surface area (Å²) in [5.74, 6) is -0.286. The van der Waals surface area contributed by atoms with E-state index in [9.17, 15) is 35.4 Å². The zero-order chi connectivity index (χ0) is 41.8. The second kappa shape index (κ2) is 38.1. The van der Waals surface area contributed by atoms with Crippen LogP contribution in [0.3, 0.4) is 0 Å². The van der Waals surface area contributed by atoms with Gasteiger partial charge in [0, 0.05) is 6.42 Å². The highest BCUT2D eigenvalue weighted by Crippen LogP contribution is 2.26. The Morgan fingerprint density at radius 1 is 0.491 bits per heavy atom. The Balaban J connectivity index is 2.30. The molecule has 7 N–H and O–H groups in total. The summed E-state index contributed by atoms with van der Waals surface area (Å²) in [6.07, 6.45) is 33.3. The van der Waals surface area contributed by atoms with E-state index in [0.29, 0.717) is 12.8 Å². The second-order valence-electron chi connectivity index (χ2n) is 17.8. The molecule has 3 unspecified atom stereocenters. The molecule has 0 aromatic heterocycles. The molecular weight excluding hydrogens is 719 g/mol. The van der Waals surface area contributed by atoms with Gasteiger partial charge in [0.15, 0.2) is 0 Å². The molecule has 340 valence electrons. The summed E-state index contributed by atoms with van der Waals surface area (Å²) in [5.41, 5.74) is 0. The number of hydrogen-bond donors (Lipinski definition) is 7. The Morgan fingerprint density at radius 2 is 0.825 bits per heavy atom. The lowest BCUT2D eigenvalue weighted by Crippen LogP contribution is -2.66. The van der Waals surface area contributed by atoms with Gasteiger partial charge in [-0.25, -0.2) is 0 Å². The fourth-order valence-corrected chi connectivity index (χ4v) is 8.55. The molecular formula is C48H95NO8. The standard InChI is InChI=1S/C48H95NO8/c1-3-5-7-9-11-13-15-17-18-19-20-21-22-23-24-26-28-30-32-34-36-38-42(52)49-43(45(54)48-47(56)46(55)44(53)41(39-50)57-48)40(51)37-35-33-31-29-27-25-16-14-12-10-8-6-4-2/h40-41,43-48,50-51,53-56H,3-39H2,1-2H3,(H,49,52)/t40?,41-,43?,44-,45?,46+,47-,48+/m1/s1. The van der Waals surface area contributed by atoms with Crippen LogP contribution in [0.1, 0.15) is 245 Å². The number of nitrogens with one attached hydrogen (secondary N) is 1. The van der Waals surface area contributed by atoms with Crippen molar-refractivity contribution in [3.05, 3.63) is 0 Å². The molecule has 8 atom stereocenters. The van der Waals surface area contributed by atoms with Gasteiger partial charge < -0.3 is 40.7 Å². The van der Waals surface area contributed by atoms with Crippen molar-refractivity contribution in [3.63, 3.8) is 0 Å². The Kier molecular flexibility index (Phi) is 36.3. The fraction of sp³-hybridized carbons (Fsp3) is 0.979. The molecule has 0 bridgehead atoms. The van der Waals surface area contributed by atoms with Gasteiger partial charge in [-0.3, -0.25) is 4.79 Å². The van der Waals surface area contributed by atoms with Crippen LogP contribution in [0.2, 0.25) is 0 Å². The van der Waals surface area contributed by atoms with Crippen molar-refractivity contribution in [3.8, 4) is 0 Å². The molecule has 57 heavy (non-hydrogen) atoms. The molecule has 1 fully saturated rings. The van der Waals surface area contributed by atoms with Crippen LogP contribution in [0.4, 0.5) is 0 Å². The lowest BCUT2D eigenvalue weighted by molar-refractivity contribution is -0.253. The number of hydrogen-bond acceptors (Lipinski definition) is 8. The van der Waals surface area contributed by atoms with Gasteiger partial charge in [-0.05, 0) is 12.8 Å². The Morgan fingerprint density at radius 3 is 1.18 bits per heavy atom. The Labute approximate surface area is 350 Å². The molecule has 1 aliphatic rings. The van der Waals surface area contributed by atoms with Gasteiger partial charge in [-0.1, -0.05) is 226 Å². The molecule has 1 saturated heterocycles. The predicted octanol–water partition coefficient (Wildman–Crippen LogP) is 10.1. The number of amides is 1. The summed E-state index contributed by atoms with van der Waals surface area (Å²) in [4.78, 5) is 13.1. The average molecular weight is 814 g/mol. The van der Waals surface area contributed by atoms with Crippen molar-refractivity contribution >= 4 is 5.91 Å². The molecule has 1 aliphatic heterocycles. The minimum absolute atomic E-state index is 0.266. The van der Waals surface area contributed by atoms with Gasteiger partial charge >= 0.3 is 0 Å². The minimum Gasteiger partial charge on any atom is -0.394 e. The molecule has 0 aromatic rings. The van der Waals surface area contributed by atoms with E-state index >= 15 is 0 Å². The SMILES string of the molecule is CCCCCCCCCCCCCCCCCCCCCCCC(=O)NC(C(O)CCCCCCCCCCCCCCC)C(O)[C@@H]1O[C@H](CO)[C@@H](O)[C@H](O)[C@H]1O. The molecule has 1 amide bonds. The van der Waals surface area contributed by atoms with Crippen LogP contribution in [0.5, 0.6) is 0 Å². The van der Waals surface area contributed by atoms with Crippen molar-refractivity contribution in [1.82, 2.24) is 5.32 Å². The molecule has 0 aliphatic carbocycles. The van der Waals surface area contributed by atoms with Gasteiger partial charge in [0.1, 0.15) is 36.6 Å². The highest BCUT2D eigenvalue weighted by Gasteiger charge is 2.48. The van der Waals surface area contributed by atoms with Crippen molar-refractivity contribution in [2.75, 3.05) is 6.61 Å². The number of aliphatic hydroxyl groups excluding tert-OH is 6. The molecule has 1 heterocycles. The largest absolute Gasteiger partial charge is 0.394 e. The topological polar surface area (TPSA) is 160 Å². The van der Waals surface area contributed by atoms with Gasteiger partial charge in [0.2, 0.25) is 5.91 Å². The number of rotatable bonds is 41. The van der Waals surface area contributed by atoms with Crippen LogP contribution in [-0.2, 0) is 9.53 Å². The number of carbonyl (C=O) groups is 1. The van der Waals surface area contributed by atoms with E-state index in [4.69, 9.17) is 4.74 Å². The third-order valence-corrected chi connectivity index (χ3v) is 12.5. The van der Waals surface area contributed by atoms with Crippen molar-refractivity contribution in [1.29, 1.82) is 0 Å². The third kappa shape index (κ3) is 27.6. The van der Waals surface area contributed by atoms with E-state index in [1.54, 1.807) is 0 Å². The Bertz CT molecular complexity index is 877. The van der Waals surface area contributed by atoms with Gasteiger partial charge in [-0.15, -0.1) is 0 Å². The van der Waals surface area contributed by atoms with Crippen LogP contribution >= 0.6 is 0 Å². The number of aliphatic hydroxyl groups is 6. The highest BCUT2D eigenvalue weighted by molar-refractivity contribution is 5.76. The van der Waals surface area contributed by atoms with Crippen LogP contribution < -0.4 is 5.32 Å². The van der Waals surface area contributed by atoms with E-state index in [1.807, 2.05) is 0 Å². The average Bonchev–Trinajstić information content (AvgIpc) is 3.21. The summed E-state index contributed by atoms with van der Waals surface area (Å²) < 4.78 is 5.61. The van der Waals surface area contributed by atoms with E-state index in [1.165, 1.54) is 167 Å². The predicted molar refractivity (Wildman–Crippen MR) is 235 cm³/mol. The highest BCUT2D eigenvalue weighted by atomic mass is 16.6. The first-order chi connectivity index (χ1) is 27.8. The van der Waals surface area contributed by atoms with Gasteiger partial charge in [-0.2, -0.15) is 0 Å². The number of ether oxygens (including phenoxy) is 1. The molecule has 9 nitrogen and oxygen atoms in total. The molecule has 0 spiro atoms. The van der Waals surface area contributed by atoms with Crippen LogP contribution in [0, 0.1) is 0 Å². The summed E-state index contributed by atoms with van der Waals surface area (Å²) >= 11 is 0. The first kappa shape index (κ1) is 54.2. The van der Waals surface area contributed by atoms with Crippen molar-refractivity contribution in [2.24, 2.45) is 0 Å². The summed E-state index contributed by atoms with van der Waals surface area (Å²) in [5, 5.41) is 66.3. The number of unbranched alkanes of at least 4 members (excludes halogenated alkanes) is 32. The molecule has 0 aromatic carbocycles. The second-order valence-corrected chi connectivity index (χ2v) is 17.8. The lowest BCUT2D eigenvalue weighted by atomic mass is 9.87. The van der Waals surface area contributed by atoms with Gasteiger partial charge in [0.25, 0.3) is 0 Å². The van der Waals surface area contributed by atoms with Crippen LogP contribution in [-0.4, -0.2) is 91.9 Å². The fourth-order valence-electron chi connectivity index (χ4n) is 8.55. The Hall–Kier alpha value is -0.810. The zero-order valence-electron chi connectivity index (χ0n) is 37.3. The van der Waals surface area contributed by atoms with Crippen LogP contribution in [0.25, 0.3) is 0 Å². The quantitative estimate of drug-likeness (QED) is 0.0301. The zero-order valence-corrected chi connectivity index (χ0v) is 37.3. The van der Waals surface area contributed by atoms with E-state index in [0.717, 1.165) is 44.9 Å². The molecule has 0 radical (unpaired) electrons. The maximum Gasteiger partial charge on any atom is 0.220 e. The first-order valence-electron chi connectivity index (χ1n) is 24.7. The third-order valence-electron chi connectivity index (χ3n) is 12.5. The maximum absolute atomic E-state index is 13.1. The van der Waals surface area contributed by atoms with Gasteiger partial charge in [0.05, 0.1) is 18.8 Å². The monoisotopic (exact) mass is 814 g/mol.